The Hall–Kier alpha value is -2.62. The molecule has 0 N–H and O–H groups in total. The first kappa shape index (κ1) is 14.0. The molecule has 2 fully saturated rings. The van der Waals surface area contributed by atoms with Gasteiger partial charge in [-0.25, -0.2) is 0 Å². The summed E-state index contributed by atoms with van der Waals surface area (Å²) < 4.78 is 5.18. The van der Waals surface area contributed by atoms with Gasteiger partial charge in [0.25, 0.3) is 5.91 Å². The Labute approximate surface area is 134 Å². The van der Waals surface area contributed by atoms with Gasteiger partial charge in [0, 0.05) is 18.3 Å². The van der Waals surface area contributed by atoms with Crippen LogP contribution in [0.4, 0.5) is 0 Å². The molecule has 4 heteroatoms. The van der Waals surface area contributed by atoms with Gasteiger partial charge in [0.05, 0.1) is 12.5 Å². The van der Waals surface area contributed by atoms with Gasteiger partial charge in [0.2, 0.25) is 0 Å². The highest BCUT2D eigenvalue weighted by atomic mass is 16.5. The summed E-state index contributed by atoms with van der Waals surface area (Å²) in [4.78, 5) is 26.4. The van der Waals surface area contributed by atoms with Gasteiger partial charge < -0.3 is 9.64 Å². The normalized spacial score (nSPS) is 27.7. The molecule has 4 rings (SSSR count). The molecule has 1 spiro atoms. The van der Waals surface area contributed by atoms with Crippen molar-refractivity contribution in [3.63, 3.8) is 0 Å². The molecule has 1 amide bonds. The van der Waals surface area contributed by atoms with Crippen LogP contribution in [0.25, 0.3) is 6.08 Å². The van der Waals surface area contributed by atoms with Crippen molar-refractivity contribution in [1.29, 1.82) is 0 Å². The van der Waals surface area contributed by atoms with E-state index in [9.17, 15) is 9.59 Å². The third-order valence-corrected chi connectivity index (χ3v) is 4.98. The number of carbonyl (C=O) groups excluding carboxylic acids is 2. The largest absolute Gasteiger partial charge is 0.497 e. The highest BCUT2D eigenvalue weighted by molar-refractivity contribution is 6.04. The van der Waals surface area contributed by atoms with Crippen LogP contribution in [0.3, 0.4) is 0 Å². The van der Waals surface area contributed by atoms with E-state index in [1.165, 1.54) is 0 Å². The van der Waals surface area contributed by atoms with Crippen LogP contribution in [0.15, 0.2) is 54.3 Å². The maximum absolute atomic E-state index is 12.5. The maximum atomic E-state index is 12.5. The number of carbonyl (C=O) groups is 2. The molecule has 1 aromatic carbocycles. The fourth-order valence-corrected chi connectivity index (χ4v) is 3.68. The number of nitrogens with zero attached hydrogens (tertiary/aromatic N) is 1. The number of benzene rings is 1. The van der Waals surface area contributed by atoms with E-state index in [2.05, 4.69) is 0 Å². The van der Waals surface area contributed by atoms with Crippen molar-refractivity contribution in [2.45, 2.75) is 6.42 Å². The molecule has 2 unspecified atom stereocenters. The molecule has 0 bridgehead atoms. The summed E-state index contributed by atoms with van der Waals surface area (Å²) in [6, 6.07) is 7.54. The van der Waals surface area contributed by atoms with E-state index in [4.69, 9.17) is 4.74 Å². The van der Waals surface area contributed by atoms with E-state index in [-0.39, 0.29) is 11.7 Å². The molecule has 1 saturated heterocycles. The molecule has 23 heavy (non-hydrogen) atoms. The molecule has 0 radical (unpaired) electrons. The smallest absolute Gasteiger partial charge is 0.250 e. The Morgan fingerprint density at radius 1 is 1.43 bits per heavy atom. The fourth-order valence-electron chi connectivity index (χ4n) is 3.68. The molecule has 2 aliphatic carbocycles. The lowest BCUT2D eigenvalue weighted by Gasteiger charge is -2.24. The molecule has 3 aliphatic rings. The molecule has 116 valence electrons. The van der Waals surface area contributed by atoms with Gasteiger partial charge in [0.15, 0.2) is 5.78 Å². The first-order chi connectivity index (χ1) is 11.1. The van der Waals surface area contributed by atoms with E-state index in [0.29, 0.717) is 12.5 Å². The number of methoxy groups -OCH3 is 1. The van der Waals surface area contributed by atoms with Crippen molar-refractivity contribution < 1.29 is 14.3 Å². The highest BCUT2D eigenvalue weighted by Gasteiger charge is 2.68. The van der Waals surface area contributed by atoms with Gasteiger partial charge in [-0.1, -0.05) is 18.2 Å². The lowest BCUT2D eigenvalue weighted by atomic mass is 9.91. The average Bonchev–Trinajstić information content (AvgIpc) is 3.19. The average molecular weight is 307 g/mol. The number of amides is 1. The monoisotopic (exact) mass is 307 g/mol. The Morgan fingerprint density at radius 2 is 2.30 bits per heavy atom. The molecular formula is C19H17NO3. The van der Waals surface area contributed by atoms with Crippen molar-refractivity contribution >= 4 is 17.8 Å². The Bertz CT molecular complexity index is 790. The van der Waals surface area contributed by atoms with Crippen molar-refractivity contribution in [2.75, 3.05) is 13.7 Å². The minimum absolute atomic E-state index is 0.0752. The number of hydrogen-bond acceptors (Lipinski definition) is 3. The summed E-state index contributed by atoms with van der Waals surface area (Å²) in [5, 5.41) is 0. The molecule has 1 aliphatic heterocycles. The number of likely N-dealkylation sites (tertiary alicyclic amines) is 1. The number of hydrogen-bond donors (Lipinski definition) is 0. The molecule has 0 aromatic heterocycles. The Balaban J connectivity index is 1.54. The zero-order chi connectivity index (χ0) is 16.0. The summed E-state index contributed by atoms with van der Waals surface area (Å²) in [7, 11) is 1.62. The maximum Gasteiger partial charge on any atom is 0.250 e. The van der Waals surface area contributed by atoms with Crippen molar-refractivity contribution in [1.82, 2.24) is 4.90 Å². The van der Waals surface area contributed by atoms with Crippen LogP contribution in [0.5, 0.6) is 5.75 Å². The third kappa shape index (κ3) is 2.05. The van der Waals surface area contributed by atoms with Gasteiger partial charge >= 0.3 is 0 Å². The van der Waals surface area contributed by atoms with Crippen LogP contribution >= 0.6 is 0 Å². The van der Waals surface area contributed by atoms with E-state index in [1.807, 2.05) is 30.3 Å². The summed E-state index contributed by atoms with van der Waals surface area (Å²) in [5.74, 6) is 1.12. The zero-order valence-electron chi connectivity index (χ0n) is 12.9. The van der Waals surface area contributed by atoms with Gasteiger partial charge in [-0.3, -0.25) is 9.59 Å². The molecule has 2 atom stereocenters. The first-order valence-corrected chi connectivity index (χ1v) is 7.72. The quantitative estimate of drug-likeness (QED) is 0.806. The van der Waals surface area contributed by atoms with Gasteiger partial charge in [0.1, 0.15) is 5.75 Å². The predicted molar refractivity (Wildman–Crippen MR) is 86.5 cm³/mol. The summed E-state index contributed by atoms with van der Waals surface area (Å²) in [6.07, 6.45) is 9.51. The number of ketones is 1. The predicted octanol–water partition coefficient (Wildman–Crippen LogP) is 2.58. The SMILES string of the molecule is COc1cccc(/C=C/C(=O)N2CC3CC34C(=O)C=CC=C24)c1. The molecule has 1 heterocycles. The van der Waals surface area contributed by atoms with Gasteiger partial charge in [-0.2, -0.15) is 0 Å². The van der Waals surface area contributed by atoms with Crippen LogP contribution in [0.2, 0.25) is 0 Å². The molecular weight excluding hydrogens is 290 g/mol. The molecule has 1 aromatic rings. The Morgan fingerprint density at radius 3 is 3.13 bits per heavy atom. The summed E-state index contributed by atoms with van der Waals surface area (Å²) in [5.41, 5.74) is 1.38. The summed E-state index contributed by atoms with van der Waals surface area (Å²) >= 11 is 0. The third-order valence-electron chi connectivity index (χ3n) is 4.98. The van der Waals surface area contributed by atoms with Crippen LogP contribution in [0, 0.1) is 11.3 Å². The number of ether oxygens (including phenoxy) is 1. The lowest BCUT2D eigenvalue weighted by molar-refractivity contribution is -0.124. The number of allylic oxidation sites excluding steroid dienone is 4. The van der Waals surface area contributed by atoms with E-state index in [0.717, 1.165) is 23.4 Å². The van der Waals surface area contributed by atoms with Crippen LogP contribution in [-0.4, -0.2) is 30.2 Å². The van der Waals surface area contributed by atoms with Crippen molar-refractivity contribution in [3.05, 3.63) is 59.8 Å². The highest BCUT2D eigenvalue weighted by Crippen LogP contribution is 2.65. The second kappa shape index (κ2) is 4.95. The van der Waals surface area contributed by atoms with Crippen molar-refractivity contribution in [3.8, 4) is 5.75 Å². The standard InChI is InChI=1S/C19H17NO3/c1-23-15-5-2-4-13(10-15)8-9-18(22)20-12-14-11-19(14)16(20)6-3-7-17(19)21/h2-10,14H,11-12H2,1H3/b9-8+. The topological polar surface area (TPSA) is 46.6 Å². The van der Waals surface area contributed by atoms with Gasteiger partial charge in [-0.05, 0) is 48.3 Å². The van der Waals surface area contributed by atoms with Crippen LogP contribution < -0.4 is 4.74 Å². The van der Waals surface area contributed by atoms with Gasteiger partial charge in [-0.15, -0.1) is 0 Å². The first-order valence-electron chi connectivity index (χ1n) is 7.72. The fraction of sp³-hybridized carbons (Fsp3) is 0.263. The second-order valence-electron chi connectivity index (χ2n) is 6.21. The van der Waals surface area contributed by atoms with Crippen molar-refractivity contribution in [2.24, 2.45) is 11.3 Å². The zero-order valence-corrected chi connectivity index (χ0v) is 12.9. The molecule has 1 saturated carbocycles. The minimum atomic E-state index is -0.395. The minimum Gasteiger partial charge on any atom is -0.497 e. The number of piperidine rings is 1. The van der Waals surface area contributed by atoms with E-state index < -0.39 is 5.41 Å². The lowest BCUT2D eigenvalue weighted by Crippen LogP contribution is -2.31. The van der Waals surface area contributed by atoms with Crippen LogP contribution in [-0.2, 0) is 9.59 Å². The van der Waals surface area contributed by atoms with E-state index in [1.54, 1.807) is 36.3 Å². The number of rotatable bonds is 3. The summed E-state index contributed by atoms with van der Waals surface area (Å²) in [6.45, 7) is 0.639. The second-order valence-corrected chi connectivity index (χ2v) is 6.21. The molecule has 4 nitrogen and oxygen atoms in total. The van der Waals surface area contributed by atoms with Crippen LogP contribution in [0.1, 0.15) is 12.0 Å². The van der Waals surface area contributed by atoms with E-state index >= 15 is 0 Å². The Kier molecular flexibility index (Phi) is 3.01.